The number of hydrogen-bond acceptors (Lipinski definition) is 5. The van der Waals surface area contributed by atoms with E-state index in [1.54, 1.807) is 22.9 Å². The Morgan fingerprint density at radius 1 is 1.40 bits per heavy atom. The van der Waals surface area contributed by atoms with E-state index >= 15 is 0 Å². The maximum absolute atomic E-state index is 12.4. The molecule has 0 radical (unpaired) electrons. The lowest BCUT2D eigenvalue weighted by Crippen LogP contribution is -2.20. The van der Waals surface area contributed by atoms with Gasteiger partial charge < -0.3 is 9.73 Å². The predicted molar refractivity (Wildman–Crippen MR) is 97.6 cm³/mol. The Bertz CT molecular complexity index is 908. The number of amides is 1. The van der Waals surface area contributed by atoms with Gasteiger partial charge in [0.05, 0.1) is 23.2 Å². The zero-order valence-electron chi connectivity index (χ0n) is 14.2. The maximum atomic E-state index is 12.4. The topological polar surface area (TPSA) is 94.2 Å². The number of carbonyl (C=O) groups excluding carboxylic acids is 1. The van der Waals surface area contributed by atoms with Crippen molar-refractivity contribution in [3.63, 3.8) is 0 Å². The van der Waals surface area contributed by atoms with Gasteiger partial charge in [0.2, 0.25) is 0 Å². The van der Waals surface area contributed by atoms with Crippen LogP contribution in [-0.4, -0.2) is 35.6 Å². The van der Waals surface area contributed by atoms with E-state index in [0.29, 0.717) is 16.9 Å². The monoisotopic (exact) mass is 429 g/mol. The highest BCUT2D eigenvalue weighted by molar-refractivity contribution is 9.10. The third kappa shape index (κ3) is 3.98. The summed E-state index contributed by atoms with van der Waals surface area (Å²) in [4.78, 5) is 12.4. The molecule has 2 aromatic rings. The fraction of sp³-hybridized carbons (Fsp3) is 0.500. The van der Waals surface area contributed by atoms with Crippen molar-refractivity contribution in [3.05, 3.63) is 34.3 Å². The molecule has 2 aromatic heterocycles. The lowest BCUT2D eigenvalue weighted by atomic mass is 9.92. The highest BCUT2D eigenvalue weighted by Crippen LogP contribution is 2.31. The Kier molecular flexibility index (Phi) is 4.57. The number of furan rings is 1. The van der Waals surface area contributed by atoms with Gasteiger partial charge in [-0.15, -0.1) is 0 Å². The first kappa shape index (κ1) is 18.2. The normalized spacial score (nSPS) is 19.9. The molecule has 0 unspecified atom stereocenters. The molecule has 136 valence electrons. The number of nitrogens with zero attached hydrogens (tertiary/aromatic N) is 2. The van der Waals surface area contributed by atoms with Gasteiger partial charge in [-0.1, -0.05) is 20.8 Å². The zero-order chi connectivity index (χ0) is 18.4. The van der Waals surface area contributed by atoms with Crippen molar-refractivity contribution in [2.45, 2.75) is 38.6 Å². The van der Waals surface area contributed by atoms with Crippen LogP contribution in [0.1, 0.15) is 49.5 Å². The first-order chi connectivity index (χ1) is 11.5. The van der Waals surface area contributed by atoms with Gasteiger partial charge in [0, 0.05) is 11.5 Å². The van der Waals surface area contributed by atoms with Crippen LogP contribution in [-0.2, 0) is 15.3 Å². The molecule has 0 spiro atoms. The summed E-state index contributed by atoms with van der Waals surface area (Å²) in [6.45, 7) is 6.04. The molecule has 1 fully saturated rings. The van der Waals surface area contributed by atoms with Gasteiger partial charge in [-0.05, 0) is 34.5 Å². The quantitative estimate of drug-likeness (QED) is 0.808. The summed E-state index contributed by atoms with van der Waals surface area (Å²) in [5.74, 6) is 0.405. The number of hydrogen-bond donors (Lipinski definition) is 1. The largest absolute Gasteiger partial charge is 0.444 e. The minimum atomic E-state index is -3.06. The number of sulfone groups is 1. The average molecular weight is 430 g/mol. The van der Waals surface area contributed by atoms with Gasteiger partial charge >= 0.3 is 0 Å². The van der Waals surface area contributed by atoms with Crippen LogP contribution in [0.15, 0.2) is 27.3 Å². The summed E-state index contributed by atoms with van der Waals surface area (Å²) in [6.07, 6.45) is 0.489. The smallest absolute Gasteiger partial charge is 0.292 e. The molecule has 0 aromatic carbocycles. The minimum absolute atomic E-state index is 0.0352. The maximum Gasteiger partial charge on any atom is 0.292 e. The Balaban J connectivity index is 1.94. The molecule has 3 rings (SSSR count). The van der Waals surface area contributed by atoms with Crippen molar-refractivity contribution in [3.8, 4) is 0 Å². The summed E-state index contributed by atoms with van der Waals surface area (Å²) in [7, 11) is -3.06. The fourth-order valence-corrected chi connectivity index (χ4v) is 4.71. The highest BCUT2D eigenvalue weighted by Gasteiger charge is 2.33. The van der Waals surface area contributed by atoms with Gasteiger partial charge in [0.25, 0.3) is 5.91 Å². The number of halogens is 1. The standard InChI is InChI=1S/C16H20BrN3O4S/c1-16(2,3)12-8-14(18-15(21)11-4-5-13(17)24-11)20(19-12)10-6-7-25(22,23)9-10/h4-5,8,10H,6-7,9H2,1-3H3,(H,18,21)/t10-/m1/s1. The third-order valence-electron chi connectivity index (χ3n) is 4.10. The molecule has 1 amide bonds. The minimum Gasteiger partial charge on any atom is -0.444 e. The fourth-order valence-electron chi connectivity index (χ4n) is 2.72. The van der Waals surface area contributed by atoms with Gasteiger partial charge in [-0.25, -0.2) is 13.1 Å². The second-order valence-electron chi connectivity index (χ2n) is 7.22. The Morgan fingerprint density at radius 3 is 2.64 bits per heavy atom. The van der Waals surface area contributed by atoms with Crippen molar-refractivity contribution < 1.29 is 17.6 Å². The Labute approximate surface area is 154 Å². The first-order valence-corrected chi connectivity index (χ1v) is 10.5. The van der Waals surface area contributed by atoms with Crippen molar-refractivity contribution >= 4 is 37.5 Å². The van der Waals surface area contributed by atoms with Gasteiger partial charge in [-0.3, -0.25) is 4.79 Å². The molecule has 1 atom stereocenters. The molecule has 25 heavy (non-hydrogen) atoms. The van der Waals surface area contributed by atoms with E-state index in [1.807, 2.05) is 20.8 Å². The van der Waals surface area contributed by atoms with E-state index in [2.05, 4.69) is 26.3 Å². The highest BCUT2D eigenvalue weighted by atomic mass is 79.9. The first-order valence-electron chi connectivity index (χ1n) is 7.92. The summed E-state index contributed by atoms with van der Waals surface area (Å²) >= 11 is 3.17. The molecule has 3 heterocycles. The van der Waals surface area contributed by atoms with Gasteiger partial charge in [-0.2, -0.15) is 5.10 Å². The Hall–Kier alpha value is -1.61. The number of rotatable bonds is 3. The molecule has 7 nitrogen and oxygen atoms in total. The van der Waals surface area contributed by atoms with Gasteiger partial charge in [0.15, 0.2) is 20.3 Å². The van der Waals surface area contributed by atoms with Gasteiger partial charge in [0.1, 0.15) is 5.82 Å². The van der Waals surface area contributed by atoms with Crippen LogP contribution < -0.4 is 5.32 Å². The van der Waals surface area contributed by atoms with Crippen molar-refractivity contribution in [1.29, 1.82) is 0 Å². The van der Waals surface area contributed by atoms with Crippen LogP contribution >= 0.6 is 15.9 Å². The van der Waals surface area contributed by atoms with E-state index < -0.39 is 15.7 Å². The SMILES string of the molecule is CC(C)(C)c1cc(NC(=O)c2ccc(Br)o2)n([C@@H]2CCS(=O)(=O)C2)n1. The Morgan fingerprint density at radius 2 is 2.12 bits per heavy atom. The van der Waals surface area contributed by atoms with E-state index in [-0.39, 0.29) is 28.7 Å². The van der Waals surface area contributed by atoms with E-state index in [0.717, 1.165) is 5.69 Å². The van der Waals surface area contributed by atoms with Crippen molar-refractivity contribution in [1.82, 2.24) is 9.78 Å². The van der Waals surface area contributed by atoms with Crippen LogP contribution in [0.25, 0.3) is 0 Å². The van der Waals surface area contributed by atoms with E-state index in [1.165, 1.54) is 0 Å². The summed E-state index contributed by atoms with van der Waals surface area (Å²) in [6, 6.07) is 4.71. The van der Waals surface area contributed by atoms with Crippen LogP contribution in [0.5, 0.6) is 0 Å². The molecule has 0 aliphatic carbocycles. The van der Waals surface area contributed by atoms with Crippen LogP contribution in [0.3, 0.4) is 0 Å². The summed E-state index contributed by atoms with van der Waals surface area (Å²) in [5.41, 5.74) is 0.559. The molecule has 1 saturated heterocycles. The lowest BCUT2D eigenvalue weighted by molar-refractivity contribution is 0.0994. The molecule has 1 N–H and O–H groups in total. The van der Waals surface area contributed by atoms with Crippen molar-refractivity contribution in [2.75, 3.05) is 16.8 Å². The predicted octanol–water partition coefficient (Wildman–Crippen LogP) is 3.15. The molecule has 0 saturated carbocycles. The molecule has 9 heteroatoms. The second kappa shape index (κ2) is 6.28. The van der Waals surface area contributed by atoms with E-state index in [9.17, 15) is 13.2 Å². The molecular formula is C16H20BrN3O4S. The second-order valence-corrected chi connectivity index (χ2v) is 10.2. The van der Waals surface area contributed by atoms with Crippen LogP contribution in [0.4, 0.5) is 5.82 Å². The van der Waals surface area contributed by atoms with Crippen molar-refractivity contribution in [2.24, 2.45) is 0 Å². The number of nitrogens with one attached hydrogen (secondary N) is 1. The summed E-state index contributed by atoms with van der Waals surface area (Å²) < 4.78 is 31.0. The molecular weight excluding hydrogens is 410 g/mol. The number of aromatic nitrogens is 2. The average Bonchev–Trinajstić information content (AvgIpc) is 3.16. The zero-order valence-corrected chi connectivity index (χ0v) is 16.6. The van der Waals surface area contributed by atoms with Crippen LogP contribution in [0.2, 0.25) is 0 Å². The summed E-state index contributed by atoms with van der Waals surface area (Å²) in [5, 5.41) is 7.37. The van der Waals surface area contributed by atoms with E-state index in [4.69, 9.17) is 4.42 Å². The number of anilines is 1. The number of carbonyl (C=O) groups is 1. The third-order valence-corrected chi connectivity index (χ3v) is 6.27. The lowest BCUT2D eigenvalue weighted by Gasteiger charge is -2.15. The van der Waals surface area contributed by atoms with Crippen LogP contribution in [0, 0.1) is 0 Å². The molecule has 0 bridgehead atoms. The molecule has 1 aliphatic heterocycles. The molecule has 1 aliphatic rings.